The number of carbonyl (C=O) groups is 3. The van der Waals surface area contributed by atoms with Crippen LogP contribution in [0.4, 0.5) is 0 Å². The summed E-state index contributed by atoms with van der Waals surface area (Å²) < 4.78 is 1.30. The molecule has 8 nitrogen and oxygen atoms in total. The van der Waals surface area contributed by atoms with Crippen molar-refractivity contribution in [3.8, 4) is 0 Å². The third-order valence-corrected chi connectivity index (χ3v) is 3.45. The lowest BCUT2D eigenvalue weighted by molar-refractivity contribution is -0.123. The molecule has 1 aromatic heterocycles. The highest BCUT2D eigenvalue weighted by molar-refractivity contribution is 6.03. The first-order valence-corrected chi connectivity index (χ1v) is 6.25. The van der Waals surface area contributed by atoms with E-state index < -0.39 is 11.9 Å². The van der Waals surface area contributed by atoms with Crippen molar-refractivity contribution in [1.29, 1.82) is 0 Å². The van der Waals surface area contributed by atoms with Crippen molar-refractivity contribution in [1.82, 2.24) is 14.7 Å². The van der Waals surface area contributed by atoms with Gasteiger partial charge in [0.2, 0.25) is 5.91 Å². The normalized spacial score (nSPS) is 16.1. The molecule has 3 N–H and O–H groups in total. The van der Waals surface area contributed by atoms with Gasteiger partial charge in [-0.05, 0) is 12.8 Å². The van der Waals surface area contributed by atoms with Crippen LogP contribution in [0, 0.1) is 5.92 Å². The van der Waals surface area contributed by atoms with Gasteiger partial charge in [-0.3, -0.25) is 14.3 Å². The van der Waals surface area contributed by atoms with Gasteiger partial charge in [-0.25, -0.2) is 4.79 Å². The van der Waals surface area contributed by atoms with E-state index in [1.165, 1.54) is 15.8 Å². The number of hydrogen-bond acceptors (Lipinski definition) is 4. The molecule has 0 spiro atoms. The lowest BCUT2D eigenvalue weighted by Gasteiger charge is -2.30. The summed E-state index contributed by atoms with van der Waals surface area (Å²) >= 11 is 0. The number of carbonyl (C=O) groups excluding carboxylic acids is 2. The number of likely N-dealkylation sites (tertiary alicyclic amines) is 1. The molecule has 1 aliphatic rings. The number of primary amides is 1. The predicted octanol–water partition coefficient (Wildman–Crippen LogP) is -0.544. The van der Waals surface area contributed by atoms with Crippen LogP contribution in [0.3, 0.4) is 0 Å². The van der Waals surface area contributed by atoms with Gasteiger partial charge in [0.25, 0.3) is 5.91 Å². The molecule has 8 heteroatoms. The van der Waals surface area contributed by atoms with E-state index in [1.807, 2.05) is 0 Å². The zero-order chi connectivity index (χ0) is 14.9. The van der Waals surface area contributed by atoms with Crippen molar-refractivity contribution in [3.63, 3.8) is 0 Å². The standard InChI is InChI=1S/C12H16N4O4/c1-15-6-8(12(19)20)9(14-15)11(18)16-4-2-7(3-5-16)10(13)17/h6-7H,2-5H2,1H3,(H2,13,17)(H,19,20). The topological polar surface area (TPSA) is 119 Å². The number of amides is 2. The van der Waals surface area contributed by atoms with Crippen LogP contribution in [0.1, 0.15) is 33.7 Å². The Morgan fingerprint density at radius 1 is 1.35 bits per heavy atom. The summed E-state index contributed by atoms with van der Waals surface area (Å²) in [5, 5.41) is 13.0. The van der Waals surface area contributed by atoms with Gasteiger partial charge in [-0.2, -0.15) is 5.10 Å². The quantitative estimate of drug-likeness (QED) is 0.770. The van der Waals surface area contributed by atoms with Crippen molar-refractivity contribution in [3.05, 3.63) is 17.5 Å². The maximum atomic E-state index is 12.3. The third kappa shape index (κ3) is 2.63. The highest BCUT2D eigenvalue weighted by atomic mass is 16.4. The van der Waals surface area contributed by atoms with Crippen molar-refractivity contribution < 1.29 is 19.5 Å². The molecule has 0 bridgehead atoms. The van der Waals surface area contributed by atoms with Crippen LogP contribution in [0.2, 0.25) is 0 Å². The molecule has 0 radical (unpaired) electrons. The van der Waals surface area contributed by atoms with Crippen LogP contribution in [0.5, 0.6) is 0 Å². The molecule has 0 atom stereocenters. The molecule has 1 aromatic rings. The van der Waals surface area contributed by atoms with Crippen molar-refractivity contribution in [2.45, 2.75) is 12.8 Å². The number of rotatable bonds is 3. The molecule has 0 aromatic carbocycles. The Bertz CT molecular complexity index is 558. The van der Waals surface area contributed by atoms with E-state index in [9.17, 15) is 14.4 Å². The Labute approximate surface area is 115 Å². The number of nitrogens with zero attached hydrogens (tertiary/aromatic N) is 3. The largest absolute Gasteiger partial charge is 0.478 e. The van der Waals surface area contributed by atoms with E-state index in [0.29, 0.717) is 25.9 Å². The van der Waals surface area contributed by atoms with Crippen LogP contribution in [-0.2, 0) is 11.8 Å². The Kier molecular flexibility index (Phi) is 3.73. The zero-order valence-corrected chi connectivity index (χ0v) is 11.1. The van der Waals surface area contributed by atoms with Crippen molar-refractivity contribution in [2.24, 2.45) is 18.7 Å². The fourth-order valence-electron chi connectivity index (χ4n) is 2.32. The summed E-state index contributed by atoms with van der Waals surface area (Å²) in [5.41, 5.74) is 5.04. The molecule has 0 saturated carbocycles. The Balaban J connectivity index is 2.13. The maximum Gasteiger partial charge on any atom is 0.339 e. The molecule has 2 amide bonds. The van der Waals surface area contributed by atoms with Gasteiger partial charge in [-0.15, -0.1) is 0 Å². The summed E-state index contributed by atoms with van der Waals surface area (Å²) in [4.78, 5) is 35.9. The van der Waals surface area contributed by atoms with Crippen molar-refractivity contribution >= 4 is 17.8 Å². The number of aromatic nitrogens is 2. The van der Waals surface area contributed by atoms with E-state index in [4.69, 9.17) is 10.8 Å². The van der Waals surface area contributed by atoms with E-state index in [1.54, 1.807) is 7.05 Å². The highest BCUT2D eigenvalue weighted by Crippen LogP contribution is 2.19. The molecule has 1 aliphatic heterocycles. The minimum Gasteiger partial charge on any atom is -0.478 e. The number of hydrogen-bond donors (Lipinski definition) is 2. The molecule has 1 saturated heterocycles. The SMILES string of the molecule is Cn1cc(C(=O)O)c(C(=O)N2CCC(C(N)=O)CC2)n1. The smallest absolute Gasteiger partial charge is 0.339 e. The van der Waals surface area contributed by atoms with Gasteiger partial charge in [0.15, 0.2) is 5.69 Å². The predicted molar refractivity (Wildman–Crippen MR) is 68.0 cm³/mol. The van der Waals surface area contributed by atoms with Crippen LogP contribution in [0.25, 0.3) is 0 Å². The van der Waals surface area contributed by atoms with Gasteiger partial charge in [0.05, 0.1) is 0 Å². The lowest BCUT2D eigenvalue weighted by atomic mass is 9.96. The van der Waals surface area contributed by atoms with Gasteiger partial charge in [0, 0.05) is 32.3 Å². The monoisotopic (exact) mass is 280 g/mol. The van der Waals surface area contributed by atoms with Gasteiger partial charge < -0.3 is 15.7 Å². The fourth-order valence-corrected chi connectivity index (χ4v) is 2.32. The van der Waals surface area contributed by atoms with E-state index in [0.717, 1.165) is 0 Å². The number of nitrogens with two attached hydrogens (primary N) is 1. The van der Waals surface area contributed by atoms with Crippen LogP contribution in [0.15, 0.2) is 6.20 Å². The summed E-state index contributed by atoms with van der Waals surface area (Å²) in [6.07, 6.45) is 2.29. The lowest BCUT2D eigenvalue weighted by Crippen LogP contribution is -2.42. The summed E-state index contributed by atoms with van der Waals surface area (Å²) in [6, 6.07) is 0. The van der Waals surface area contributed by atoms with E-state index in [2.05, 4.69) is 5.10 Å². The first kappa shape index (κ1) is 14.0. The number of carboxylic acids is 1. The average molecular weight is 280 g/mol. The van der Waals surface area contributed by atoms with E-state index >= 15 is 0 Å². The molecule has 108 valence electrons. The van der Waals surface area contributed by atoms with E-state index in [-0.39, 0.29) is 23.1 Å². The molecule has 0 unspecified atom stereocenters. The Morgan fingerprint density at radius 3 is 2.45 bits per heavy atom. The number of piperidine rings is 1. The summed E-state index contributed by atoms with van der Waals surface area (Å²) in [6.45, 7) is 0.754. The zero-order valence-electron chi connectivity index (χ0n) is 11.1. The first-order valence-electron chi connectivity index (χ1n) is 6.25. The minimum absolute atomic E-state index is 0.0717. The van der Waals surface area contributed by atoms with Gasteiger partial charge in [-0.1, -0.05) is 0 Å². The third-order valence-electron chi connectivity index (χ3n) is 3.45. The average Bonchev–Trinajstić information content (AvgIpc) is 2.80. The molecule has 2 heterocycles. The van der Waals surface area contributed by atoms with Crippen molar-refractivity contribution in [2.75, 3.05) is 13.1 Å². The second-order valence-corrected chi connectivity index (χ2v) is 4.84. The minimum atomic E-state index is -1.19. The first-order chi connectivity index (χ1) is 9.40. The highest BCUT2D eigenvalue weighted by Gasteiger charge is 2.30. The maximum absolute atomic E-state index is 12.3. The fraction of sp³-hybridized carbons (Fsp3) is 0.500. The Hall–Kier alpha value is -2.38. The van der Waals surface area contributed by atoms with Gasteiger partial charge in [0.1, 0.15) is 5.56 Å². The molecule has 1 fully saturated rings. The summed E-state index contributed by atoms with van der Waals surface area (Å²) in [7, 11) is 1.56. The molecular formula is C12H16N4O4. The molecule has 0 aliphatic carbocycles. The molecule has 20 heavy (non-hydrogen) atoms. The Morgan fingerprint density at radius 2 is 1.95 bits per heavy atom. The second kappa shape index (κ2) is 5.32. The molecular weight excluding hydrogens is 264 g/mol. The van der Waals surface area contributed by atoms with Gasteiger partial charge >= 0.3 is 5.97 Å². The number of carboxylic acid groups (broad SMARTS) is 1. The van der Waals surface area contributed by atoms with Crippen LogP contribution >= 0.6 is 0 Å². The number of aryl methyl sites for hydroxylation is 1. The second-order valence-electron chi connectivity index (χ2n) is 4.84. The summed E-state index contributed by atoms with van der Waals surface area (Å²) in [5.74, 6) is -2.19. The molecule has 2 rings (SSSR count). The van der Waals surface area contributed by atoms with Crippen LogP contribution < -0.4 is 5.73 Å². The van der Waals surface area contributed by atoms with Crippen LogP contribution in [-0.4, -0.2) is 50.7 Å². The number of aromatic carboxylic acids is 1.